The van der Waals surface area contributed by atoms with Crippen LogP contribution in [0.5, 0.6) is 0 Å². The Hall–Kier alpha value is -2.29. The number of aromatic nitrogens is 3. The topological polar surface area (TPSA) is 35.7 Å². The van der Waals surface area contributed by atoms with Crippen LogP contribution in [0.4, 0.5) is 0 Å². The van der Waals surface area contributed by atoms with Crippen molar-refractivity contribution in [1.82, 2.24) is 9.97 Å². The molecule has 76 valence electrons. The molecule has 0 unspecified atom stereocenters. The summed E-state index contributed by atoms with van der Waals surface area (Å²) in [6.45, 7) is 0. The largest absolute Gasteiger partial charge is 0.351 e. The number of benzene rings is 1. The first-order chi connectivity index (χ1) is 7.93. The molecule has 1 aromatic carbocycles. The summed E-state index contributed by atoms with van der Waals surface area (Å²) in [6, 6.07) is 10.5. The van der Waals surface area contributed by atoms with Gasteiger partial charge in [0.05, 0.1) is 11.7 Å². The first kappa shape index (κ1) is 7.93. The lowest BCUT2D eigenvalue weighted by atomic mass is 10.2. The summed E-state index contributed by atoms with van der Waals surface area (Å²) >= 11 is 0. The molecule has 0 bridgehead atoms. The van der Waals surface area contributed by atoms with E-state index in [1.165, 1.54) is 27.3 Å². The van der Waals surface area contributed by atoms with E-state index in [-0.39, 0.29) is 0 Å². The molecule has 0 saturated heterocycles. The zero-order valence-electron chi connectivity index (χ0n) is 8.57. The highest BCUT2D eigenvalue weighted by Gasteiger charge is 2.10. The molecule has 0 aliphatic rings. The van der Waals surface area contributed by atoms with Crippen LogP contribution >= 0.6 is 0 Å². The first-order valence-corrected chi connectivity index (χ1v) is 5.31. The molecule has 16 heavy (non-hydrogen) atoms. The van der Waals surface area contributed by atoms with Gasteiger partial charge in [0, 0.05) is 16.3 Å². The van der Waals surface area contributed by atoms with E-state index < -0.39 is 0 Å². The van der Waals surface area contributed by atoms with Crippen molar-refractivity contribution in [2.75, 3.05) is 0 Å². The quantitative estimate of drug-likeness (QED) is 0.416. The summed E-state index contributed by atoms with van der Waals surface area (Å²) in [7, 11) is 0. The number of fused-ring (bicyclic) bond motifs is 5. The number of aromatic amines is 2. The third-order valence-corrected chi connectivity index (χ3v) is 3.12. The van der Waals surface area contributed by atoms with Gasteiger partial charge in [-0.25, -0.2) is 9.38 Å². The minimum atomic E-state index is 1.17. The highest BCUT2D eigenvalue weighted by atomic mass is 15.0. The maximum absolute atomic E-state index is 3.47. The van der Waals surface area contributed by atoms with Crippen LogP contribution in [0.25, 0.3) is 27.3 Å². The smallest absolute Gasteiger partial charge is 0.246 e. The van der Waals surface area contributed by atoms with E-state index in [9.17, 15) is 0 Å². The van der Waals surface area contributed by atoms with Crippen molar-refractivity contribution < 1.29 is 4.40 Å². The molecule has 0 spiro atoms. The molecular weight excluding hydrogens is 198 g/mol. The second-order valence-corrected chi connectivity index (χ2v) is 4.01. The van der Waals surface area contributed by atoms with Crippen molar-refractivity contribution in [2.24, 2.45) is 0 Å². The molecule has 0 fully saturated rings. The zero-order valence-corrected chi connectivity index (χ0v) is 8.57. The fourth-order valence-electron chi connectivity index (χ4n) is 2.36. The van der Waals surface area contributed by atoms with Gasteiger partial charge in [0.1, 0.15) is 6.20 Å². The van der Waals surface area contributed by atoms with Crippen molar-refractivity contribution in [3.05, 3.63) is 49.1 Å². The van der Waals surface area contributed by atoms with Crippen molar-refractivity contribution >= 4 is 27.3 Å². The molecule has 0 aliphatic heterocycles. The zero-order chi connectivity index (χ0) is 10.5. The average molecular weight is 208 g/mol. The van der Waals surface area contributed by atoms with Crippen LogP contribution < -0.4 is 4.40 Å². The van der Waals surface area contributed by atoms with E-state index in [1.54, 1.807) is 0 Å². The lowest BCUT2D eigenvalue weighted by Crippen LogP contribution is -2.16. The third-order valence-electron chi connectivity index (χ3n) is 3.12. The maximum Gasteiger partial charge on any atom is 0.246 e. The molecule has 0 radical (unpaired) electrons. The highest BCUT2D eigenvalue weighted by molar-refractivity contribution is 6.10. The van der Waals surface area contributed by atoms with E-state index in [1.807, 2.05) is 12.5 Å². The monoisotopic (exact) mass is 208 g/mol. The minimum Gasteiger partial charge on any atom is -0.351 e. The summed E-state index contributed by atoms with van der Waals surface area (Å²) in [5, 5.41) is 2.55. The van der Waals surface area contributed by atoms with Gasteiger partial charge in [-0.3, -0.25) is 0 Å². The van der Waals surface area contributed by atoms with Crippen molar-refractivity contribution in [2.45, 2.75) is 0 Å². The van der Waals surface area contributed by atoms with Gasteiger partial charge in [-0.05, 0) is 12.1 Å². The fourth-order valence-corrected chi connectivity index (χ4v) is 2.36. The van der Waals surface area contributed by atoms with Crippen LogP contribution in [0, 0.1) is 0 Å². The number of hydrogen-bond donors (Lipinski definition) is 2. The van der Waals surface area contributed by atoms with Crippen LogP contribution in [-0.2, 0) is 0 Å². The van der Waals surface area contributed by atoms with Crippen molar-refractivity contribution in [3.8, 4) is 0 Å². The number of rotatable bonds is 0. The number of hydrogen-bond acceptors (Lipinski definition) is 0. The maximum atomic E-state index is 3.47. The number of imidazole rings is 1. The molecule has 2 N–H and O–H groups in total. The normalized spacial score (nSPS) is 11.8. The Labute approximate surface area is 91.3 Å². The van der Waals surface area contributed by atoms with Crippen LogP contribution in [0.1, 0.15) is 0 Å². The molecule has 0 amide bonds. The van der Waals surface area contributed by atoms with Crippen LogP contribution in [0.3, 0.4) is 0 Å². The van der Waals surface area contributed by atoms with Crippen LogP contribution in [0.2, 0.25) is 0 Å². The average Bonchev–Trinajstić information content (AvgIpc) is 2.92. The molecule has 3 aromatic heterocycles. The minimum absolute atomic E-state index is 1.17. The van der Waals surface area contributed by atoms with E-state index in [0.29, 0.717) is 0 Å². The number of pyridine rings is 1. The van der Waals surface area contributed by atoms with Gasteiger partial charge in [-0.15, -0.1) is 0 Å². The Morgan fingerprint density at radius 3 is 2.94 bits per heavy atom. The number of nitrogens with zero attached hydrogens (tertiary/aromatic N) is 1. The molecule has 0 aliphatic carbocycles. The lowest BCUT2D eigenvalue weighted by Gasteiger charge is -1.89. The summed E-state index contributed by atoms with van der Waals surface area (Å²) in [6.07, 6.45) is 6.03. The van der Waals surface area contributed by atoms with Gasteiger partial charge < -0.3 is 4.98 Å². The van der Waals surface area contributed by atoms with Gasteiger partial charge in [-0.2, -0.15) is 0 Å². The predicted molar refractivity (Wildman–Crippen MR) is 63.3 cm³/mol. The SMILES string of the molecule is c1ccc2c(c1)[nH]c1c2cc[n+]2c[nH]cc12. The number of para-hydroxylation sites is 1. The Balaban J connectivity index is 2.38. The highest BCUT2D eigenvalue weighted by Crippen LogP contribution is 2.25. The van der Waals surface area contributed by atoms with Gasteiger partial charge in [0.2, 0.25) is 6.33 Å². The standard InChI is InChI=1S/C13H9N3/c1-2-4-11-9(3-1)10-5-6-16-8-14-7-12(16)13(10)15-11/h1-8,15H/p+1. The van der Waals surface area contributed by atoms with Crippen LogP contribution in [-0.4, -0.2) is 9.97 Å². The van der Waals surface area contributed by atoms with Gasteiger partial charge >= 0.3 is 0 Å². The Morgan fingerprint density at radius 1 is 1.00 bits per heavy atom. The Bertz CT molecular complexity index is 808. The van der Waals surface area contributed by atoms with Crippen molar-refractivity contribution in [3.63, 3.8) is 0 Å². The summed E-state index contributed by atoms with van der Waals surface area (Å²) in [5.74, 6) is 0. The molecule has 0 atom stereocenters. The van der Waals surface area contributed by atoms with E-state index in [2.05, 4.69) is 50.9 Å². The van der Waals surface area contributed by atoms with E-state index >= 15 is 0 Å². The van der Waals surface area contributed by atoms with E-state index in [4.69, 9.17) is 0 Å². The van der Waals surface area contributed by atoms with Gasteiger partial charge in [-0.1, -0.05) is 18.2 Å². The molecule has 3 nitrogen and oxygen atoms in total. The Kier molecular flexibility index (Phi) is 1.31. The predicted octanol–water partition coefficient (Wildman–Crippen LogP) is 2.39. The van der Waals surface area contributed by atoms with Gasteiger partial charge in [0.25, 0.3) is 0 Å². The summed E-state index contributed by atoms with van der Waals surface area (Å²) in [4.78, 5) is 6.58. The number of H-pyrrole nitrogens is 2. The third kappa shape index (κ3) is 0.852. The molecular formula is C13H10N3+. The molecule has 3 heteroatoms. The first-order valence-electron chi connectivity index (χ1n) is 5.31. The Morgan fingerprint density at radius 2 is 1.94 bits per heavy atom. The lowest BCUT2D eigenvalue weighted by molar-refractivity contribution is -0.509. The van der Waals surface area contributed by atoms with Crippen molar-refractivity contribution in [1.29, 1.82) is 0 Å². The summed E-state index contributed by atoms with van der Waals surface area (Å²) < 4.78 is 2.08. The fraction of sp³-hybridized carbons (Fsp3) is 0. The number of nitrogens with one attached hydrogen (secondary N) is 2. The molecule has 3 heterocycles. The molecule has 0 saturated carbocycles. The second-order valence-electron chi connectivity index (χ2n) is 4.01. The van der Waals surface area contributed by atoms with Gasteiger partial charge in [0.15, 0.2) is 5.52 Å². The molecule has 4 aromatic rings. The van der Waals surface area contributed by atoms with Crippen LogP contribution in [0.15, 0.2) is 49.1 Å². The summed E-state index contributed by atoms with van der Waals surface area (Å²) in [5.41, 5.74) is 3.55. The molecule has 4 rings (SSSR count). The second kappa shape index (κ2) is 2.64. The van der Waals surface area contributed by atoms with E-state index in [0.717, 1.165) is 0 Å².